The number of rotatable bonds is 3. The average Bonchev–Trinajstić information content (AvgIpc) is 2.47. The van der Waals surface area contributed by atoms with Gasteiger partial charge in [-0.05, 0) is 59.6 Å². The van der Waals surface area contributed by atoms with Crippen LogP contribution in [-0.4, -0.2) is 40.2 Å². The normalized spacial score (nSPS) is 36.2. The number of nitrogens with one attached hydrogen (secondary N) is 1. The first-order chi connectivity index (χ1) is 7.90. The van der Waals surface area contributed by atoms with Gasteiger partial charge in [0.1, 0.15) is 0 Å². The molecule has 2 heterocycles. The lowest BCUT2D eigenvalue weighted by atomic mass is 9.94. The highest BCUT2D eigenvalue weighted by Gasteiger charge is 2.43. The number of fused-ring (bicyclic) bond motifs is 2. The summed E-state index contributed by atoms with van der Waals surface area (Å²) in [4.78, 5) is 2.78. The molecule has 2 rings (SSSR count). The van der Waals surface area contributed by atoms with Crippen molar-refractivity contribution >= 4 is 11.8 Å². The van der Waals surface area contributed by atoms with Gasteiger partial charge in [-0.15, -0.1) is 11.8 Å². The predicted molar refractivity (Wildman–Crippen MR) is 77.5 cm³/mol. The summed E-state index contributed by atoms with van der Waals surface area (Å²) in [6.07, 6.45) is 7.76. The summed E-state index contributed by atoms with van der Waals surface area (Å²) in [5.41, 5.74) is 0.261. The summed E-state index contributed by atoms with van der Waals surface area (Å²) < 4.78 is 0. The van der Waals surface area contributed by atoms with Crippen LogP contribution >= 0.6 is 11.8 Å². The Labute approximate surface area is 111 Å². The molecule has 0 amide bonds. The van der Waals surface area contributed by atoms with E-state index in [1.807, 2.05) is 11.8 Å². The van der Waals surface area contributed by atoms with Gasteiger partial charge in [0.25, 0.3) is 0 Å². The van der Waals surface area contributed by atoms with E-state index in [9.17, 15) is 0 Å². The molecule has 100 valence electrons. The van der Waals surface area contributed by atoms with Crippen LogP contribution in [0.4, 0.5) is 0 Å². The predicted octanol–water partition coefficient (Wildman–Crippen LogP) is 3.08. The molecule has 0 saturated carbocycles. The maximum Gasteiger partial charge on any atom is 0.0531 e. The van der Waals surface area contributed by atoms with Gasteiger partial charge < -0.3 is 5.32 Å². The molecule has 2 aliphatic heterocycles. The van der Waals surface area contributed by atoms with Crippen LogP contribution in [0.25, 0.3) is 0 Å². The Morgan fingerprint density at radius 1 is 1.18 bits per heavy atom. The van der Waals surface area contributed by atoms with Gasteiger partial charge >= 0.3 is 0 Å². The molecule has 3 heteroatoms. The van der Waals surface area contributed by atoms with Crippen LogP contribution in [0.1, 0.15) is 53.4 Å². The van der Waals surface area contributed by atoms with Gasteiger partial charge in [0.15, 0.2) is 0 Å². The first-order valence-electron chi connectivity index (χ1n) is 6.98. The Morgan fingerprint density at radius 2 is 1.71 bits per heavy atom. The minimum atomic E-state index is 0.261. The second-order valence-corrected chi connectivity index (χ2v) is 7.88. The Kier molecular flexibility index (Phi) is 4.11. The lowest BCUT2D eigenvalue weighted by molar-refractivity contribution is 0.102. The summed E-state index contributed by atoms with van der Waals surface area (Å²) in [5, 5.41) is 4.50. The maximum atomic E-state index is 3.80. The molecule has 2 fully saturated rings. The molecule has 0 aromatic rings. The van der Waals surface area contributed by atoms with Crippen LogP contribution in [0, 0.1) is 0 Å². The third-order valence-electron chi connectivity index (χ3n) is 4.19. The fourth-order valence-corrected chi connectivity index (χ4v) is 4.25. The molecular formula is C14H28N2S. The van der Waals surface area contributed by atoms with Gasteiger partial charge in [0.05, 0.1) is 5.37 Å². The van der Waals surface area contributed by atoms with Gasteiger partial charge in [0, 0.05) is 23.7 Å². The summed E-state index contributed by atoms with van der Waals surface area (Å²) >= 11 is 2.00. The highest BCUT2D eigenvalue weighted by atomic mass is 32.2. The Bertz CT molecular complexity index is 247. The van der Waals surface area contributed by atoms with Gasteiger partial charge in [-0.2, -0.15) is 0 Å². The zero-order valence-corrected chi connectivity index (χ0v) is 12.8. The lowest BCUT2D eigenvalue weighted by Crippen LogP contribution is -2.54. The third-order valence-corrected chi connectivity index (χ3v) is 5.11. The van der Waals surface area contributed by atoms with Crippen molar-refractivity contribution in [1.29, 1.82) is 0 Å². The second kappa shape index (κ2) is 5.10. The molecule has 3 atom stereocenters. The lowest BCUT2D eigenvalue weighted by Gasteiger charge is -2.43. The van der Waals surface area contributed by atoms with Crippen molar-refractivity contribution in [1.82, 2.24) is 10.2 Å². The highest BCUT2D eigenvalue weighted by molar-refractivity contribution is 7.99. The quantitative estimate of drug-likeness (QED) is 0.835. The van der Waals surface area contributed by atoms with Crippen LogP contribution < -0.4 is 5.32 Å². The maximum absolute atomic E-state index is 3.80. The molecule has 17 heavy (non-hydrogen) atoms. The van der Waals surface area contributed by atoms with Crippen molar-refractivity contribution in [3.8, 4) is 0 Å². The van der Waals surface area contributed by atoms with Gasteiger partial charge in [0.2, 0.25) is 0 Å². The third kappa shape index (κ3) is 3.18. The molecule has 0 spiro atoms. The summed E-state index contributed by atoms with van der Waals surface area (Å²) in [6.45, 7) is 9.22. The van der Waals surface area contributed by atoms with Crippen molar-refractivity contribution in [2.75, 3.05) is 6.26 Å². The van der Waals surface area contributed by atoms with E-state index in [1.54, 1.807) is 0 Å². The Morgan fingerprint density at radius 3 is 2.12 bits per heavy atom. The van der Waals surface area contributed by atoms with Crippen molar-refractivity contribution in [2.24, 2.45) is 0 Å². The van der Waals surface area contributed by atoms with E-state index in [-0.39, 0.29) is 5.54 Å². The second-order valence-electron chi connectivity index (χ2n) is 6.73. The molecule has 2 saturated heterocycles. The smallest absolute Gasteiger partial charge is 0.0531 e. The number of thioether (sulfide) groups is 1. The zero-order chi connectivity index (χ0) is 12.6. The van der Waals surface area contributed by atoms with Gasteiger partial charge in [-0.1, -0.05) is 0 Å². The molecular weight excluding hydrogens is 228 g/mol. The number of nitrogens with zero attached hydrogens (tertiary/aromatic N) is 1. The van der Waals surface area contributed by atoms with E-state index >= 15 is 0 Å². The molecule has 0 radical (unpaired) electrons. The van der Waals surface area contributed by atoms with E-state index in [4.69, 9.17) is 0 Å². The standard InChI is InChI=1S/C14H28N2S/c1-10(17-5)16-12-6-7-13(16)9-11(8-12)15-14(2,3)4/h10-13,15H,6-9H2,1-5H3. The Hall–Kier alpha value is 0.270. The molecule has 2 aliphatic rings. The summed E-state index contributed by atoms with van der Waals surface area (Å²) in [6, 6.07) is 2.39. The van der Waals surface area contributed by atoms with Crippen LogP contribution in [0.5, 0.6) is 0 Å². The van der Waals surface area contributed by atoms with E-state index in [2.05, 4.69) is 44.2 Å². The van der Waals surface area contributed by atoms with Gasteiger partial charge in [-0.3, -0.25) is 4.90 Å². The van der Waals surface area contributed by atoms with Gasteiger partial charge in [-0.25, -0.2) is 0 Å². The fourth-order valence-electron chi connectivity index (χ4n) is 3.66. The molecule has 0 aromatic carbocycles. The Balaban J connectivity index is 1.97. The van der Waals surface area contributed by atoms with Crippen LogP contribution in [0.2, 0.25) is 0 Å². The number of piperidine rings is 1. The first kappa shape index (κ1) is 13.7. The topological polar surface area (TPSA) is 15.3 Å². The SMILES string of the molecule is CSC(C)N1C2CCC1CC(NC(C)(C)C)C2. The molecule has 1 N–H and O–H groups in total. The number of hydrogen-bond acceptors (Lipinski definition) is 3. The minimum absolute atomic E-state index is 0.261. The van der Waals surface area contributed by atoms with E-state index in [1.165, 1.54) is 25.7 Å². The molecule has 2 bridgehead atoms. The summed E-state index contributed by atoms with van der Waals surface area (Å²) in [5.74, 6) is 0. The fraction of sp³-hybridized carbons (Fsp3) is 1.00. The van der Waals surface area contributed by atoms with Crippen LogP contribution in [-0.2, 0) is 0 Å². The van der Waals surface area contributed by atoms with E-state index in [0.29, 0.717) is 5.37 Å². The zero-order valence-electron chi connectivity index (χ0n) is 12.0. The summed E-state index contributed by atoms with van der Waals surface area (Å²) in [7, 11) is 0. The van der Waals surface area contributed by atoms with Crippen molar-refractivity contribution in [3.05, 3.63) is 0 Å². The molecule has 2 nitrogen and oxygen atoms in total. The van der Waals surface area contributed by atoms with Crippen molar-refractivity contribution in [3.63, 3.8) is 0 Å². The average molecular weight is 256 g/mol. The van der Waals surface area contributed by atoms with E-state index < -0.39 is 0 Å². The van der Waals surface area contributed by atoms with Crippen LogP contribution in [0.3, 0.4) is 0 Å². The van der Waals surface area contributed by atoms with Crippen molar-refractivity contribution in [2.45, 2.75) is 82.4 Å². The molecule has 0 aliphatic carbocycles. The number of hydrogen-bond donors (Lipinski definition) is 1. The first-order valence-corrected chi connectivity index (χ1v) is 8.27. The monoisotopic (exact) mass is 256 g/mol. The van der Waals surface area contributed by atoms with E-state index in [0.717, 1.165) is 18.1 Å². The molecule has 0 aromatic heterocycles. The highest BCUT2D eigenvalue weighted by Crippen LogP contribution is 2.39. The minimum Gasteiger partial charge on any atom is -0.309 e. The largest absolute Gasteiger partial charge is 0.309 e. The molecule has 3 unspecified atom stereocenters. The van der Waals surface area contributed by atoms with Crippen LogP contribution in [0.15, 0.2) is 0 Å². The van der Waals surface area contributed by atoms with Crippen molar-refractivity contribution < 1.29 is 0 Å².